The molecule has 0 radical (unpaired) electrons. The molecule has 2 unspecified atom stereocenters. The highest BCUT2D eigenvalue weighted by molar-refractivity contribution is 5.80. The average molecular weight is 515 g/mol. The molecule has 0 aromatic carbocycles. The molecule has 0 spiro atoms. The highest BCUT2D eigenvalue weighted by Gasteiger charge is 2.29. The van der Waals surface area contributed by atoms with Crippen LogP contribution in [0.2, 0.25) is 0 Å². The molecule has 37 heavy (non-hydrogen) atoms. The van der Waals surface area contributed by atoms with Gasteiger partial charge in [-0.2, -0.15) is 0 Å². The standard InChI is InChI=1S/C15H22N4O.C10H16N2O.2C2H6/c1-3-12-9-19(8-11(2)17-12)14-4-6-16-15-13(14)5-7-18(15)10-20;1-5-8-7-12(3)10(11-2)6-9(8)13-4;2*1-2/h4,6,10-12,17H,3,5,7-9H2,1-2H3;6-7H,5H2,1-4H3;2*1-2H3. The van der Waals surface area contributed by atoms with Gasteiger partial charge in [-0.25, -0.2) is 4.98 Å². The summed E-state index contributed by atoms with van der Waals surface area (Å²) in [6.45, 7) is 17.3. The van der Waals surface area contributed by atoms with Crippen molar-refractivity contribution in [3.05, 3.63) is 41.1 Å². The molecule has 2 aliphatic heterocycles. The number of ether oxygens (including phenoxy) is 1. The lowest BCUT2D eigenvalue weighted by atomic mass is 10.1. The van der Waals surface area contributed by atoms with Crippen LogP contribution in [-0.4, -0.2) is 61.8 Å². The van der Waals surface area contributed by atoms with Gasteiger partial charge < -0.3 is 19.5 Å². The van der Waals surface area contributed by atoms with Crippen LogP contribution in [0.1, 0.15) is 66.0 Å². The largest absolute Gasteiger partial charge is 0.496 e. The molecule has 4 heterocycles. The minimum atomic E-state index is 0.487. The van der Waals surface area contributed by atoms with Crippen molar-refractivity contribution >= 4 is 17.9 Å². The van der Waals surface area contributed by atoms with Crippen molar-refractivity contribution in [2.75, 3.05) is 43.6 Å². The van der Waals surface area contributed by atoms with Crippen molar-refractivity contribution < 1.29 is 9.53 Å². The summed E-state index contributed by atoms with van der Waals surface area (Å²) in [5.74, 6) is 1.76. The van der Waals surface area contributed by atoms with Crippen molar-refractivity contribution in [1.82, 2.24) is 14.9 Å². The molecule has 8 nitrogen and oxygen atoms in total. The Morgan fingerprint density at radius 3 is 2.49 bits per heavy atom. The number of carbonyl (C=O) groups excluding carboxylic acids is 1. The molecular formula is C29H50N6O2. The van der Waals surface area contributed by atoms with Gasteiger partial charge in [0, 0.05) is 81.1 Å². The molecule has 0 saturated carbocycles. The summed E-state index contributed by atoms with van der Waals surface area (Å²) in [7, 11) is 5.45. The Morgan fingerprint density at radius 2 is 1.92 bits per heavy atom. The second kappa shape index (κ2) is 16.8. The number of amides is 1. The van der Waals surface area contributed by atoms with E-state index in [1.54, 1.807) is 19.1 Å². The fourth-order valence-electron chi connectivity index (χ4n) is 4.67. The topological polar surface area (TPSA) is 75.0 Å². The number of fused-ring (bicyclic) bond motifs is 1. The number of nitrogens with zero attached hydrogens (tertiary/aromatic N) is 5. The van der Waals surface area contributed by atoms with Gasteiger partial charge in [0.05, 0.1) is 7.11 Å². The van der Waals surface area contributed by atoms with E-state index in [0.717, 1.165) is 62.4 Å². The van der Waals surface area contributed by atoms with Crippen molar-refractivity contribution in [3.8, 4) is 5.75 Å². The Morgan fingerprint density at radius 1 is 1.22 bits per heavy atom. The second-order valence-electron chi connectivity index (χ2n) is 8.67. The fourth-order valence-corrected chi connectivity index (χ4v) is 4.67. The van der Waals surface area contributed by atoms with Gasteiger partial charge in [0.1, 0.15) is 17.1 Å². The molecule has 1 saturated heterocycles. The van der Waals surface area contributed by atoms with Crippen LogP contribution in [0.5, 0.6) is 5.75 Å². The van der Waals surface area contributed by atoms with E-state index in [2.05, 4.69) is 53.2 Å². The lowest BCUT2D eigenvalue weighted by Gasteiger charge is -2.39. The first kappa shape index (κ1) is 32.2. The fraction of sp³-hybridized carbons (Fsp3) is 0.621. The number of hydrogen-bond donors (Lipinski definition) is 1. The minimum Gasteiger partial charge on any atom is -0.496 e. The van der Waals surface area contributed by atoms with Gasteiger partial charge in [-0.1, -0.05) is 41.5 Å². The lowest BCUT2D eigenvalue weighted by Crippen LogP contribution is -2.55. The lowest BCUT2D eigenvalue weighted by molar-refractivity contribution is -0.107. The van der Waals surface area contributed by atoms with Crippen LogP contribution >= 0.6 is 0 Å². The first-order valence-corrected chi connectivity index (χ1v) is 13.8. The van der Waals surface area contributed by atoms with E-state index in [1.807, 2.05) is 51.6 Å². The monoisotopic (exact) mass is 514 g/mol. The Hall–Kier alpha value is -2.87. The van der Waals surface area contributed by atoms with Gasteiger partial charge in [-0.3, -0.25) is 14.7 Å². The molecule has 2 atom stereocenters. The van der Waals surface area contributed by atoms with Gasteiger partial charge in [0.2, 0.25) is 6.41 Å². The molecule has 4 rings (SSSR count). The third-order valence-corrected chi connectivity index (χ3v) is 6.42. The summed E-state index contributed by atoms with van der Waals surface area (Å²) in [4.78, 5) is 23.7. The zero-order chi connectivity index (χ0) is 28.0. The van der Waals surface area contributed by atoms with E-state index < -0.39 is 0 Å². The Balaban J connectivity index is 0.000000350. The molecule has 8 heteroatoms. The van der Waals surface area contributed by atoms with Crippen molar-refractivity contribution in [2.45, 2.75) is 79.8 Å². The van der Waals surface area contributed by atoms with Crippen LogP contribution in [0, 0.1) is 0 Å². The van der Waals surface area contributed by atoms with Crippen LogP contribution in [-0.2, 0) is 24.7 Å². The summed E-state index contributed by atoms with van der Waals surface area (Å²) in [6.07, 6.45) is 7.78. The van der Waals surface area contributed by atoms with Gasteiger partial charge in [-0.15, -0.1) is 0 Å². The first-order valence-electron chi connectivity index (χ1n) is 13.8. The Bertz CT molecular complexity index is 1020. The number of nitrogens with one attached hydrogen (secondary N) is 1. The van der Waals surface area contributed by atoms with E-state index in [1.165, 1.54) is 16.8 Å². The third kappa shape index (κ3) is 8.32. The summed E-state index contributed by atoms with van der Waals surface area (Å²) in [5.41, 5.74) is 4.61. The highest BCUT2D eigenvalue weighted by Crippen LogP contribution is 2.33. The van der Waals surface area contributed by atoms with Gasteiger partial charge >= 0.3 is 0 Å². The molecule has 0 aliphatic carbocycles. The van der Waals surface area contributed by atoms with E-state index >= 15 is 0 Å². The Kier molecular flexibility index (Phi) is 14.6. The molecule has 1 amide bonds. The smallest absolute Gasteiger partial charge is 0.215 e. The number of rotatable bonds is 5. The average Bonchev–Trinajstić information content (AvgIpc) is 3.38. The third-order valence-electron chi connectivity index (χ3n) is 6.42. The number of hydrogen-bond acceptors (Lipinski definition) is 6. The van der Waals surface area contributed by atoms with Gasteiger partial charge in [0.25, 0.3) is 0 Å². The highest BCUT2D eigenvalue weighted by atomic mass is 16.5. The van der Waals surface area contributed by atoms with Crippen molar-refractivity contribution in [3.63, 3.8) is 0 Å². The maximum absolute atomic E-state index is 11.1. The molecule has 1 fully saturated rings. The summed E-state index contributed by atoms with van der Waals surface area (Å²) in [5, 5.41) is 3.63. The van der Waals surface area contributed by atoms with Gasteiger partial charge in [-0.05, 0) is 32.3 Å². The van der Waals surface area contributed by atoms with E-state index in [4.69, 9.17) is 4.74 Å². The van der Waals surface area contributed by atoms with Crippen LogP contribution in [0.25, 0.3) is 0 Å². The molecule has 1 N–H and O–H groups in total. The van der Waals surface area contributed by atoms with E-state index in [0.29, 0.717) is 12.1 Å². The van der Waals surface area contributed by atoms with Crippen LogP contribution in [0.15, 0.2) is 29.5 Å². The number of anilines is 2. The molecule has 2 aromatic rings. The van der Waals surface area contributed by atoms with Crippen LogP contribution < -0.4 is 25.3 Å². The number of methoxy groups -OCH3 is 1. The zero-order valence-corrected chi connectivity index (χ0v) is 24.8. The number of aromatic nitrogens is 2. The SMILES string of the molecule is CC.CC.CCC1CN(c2ccnc3c2CCN3C=O)CC(C)N1.CCc1cn(C)c(=NC)cc1OC. The van der Waals surface area contributed by atoms with Crippen molar-refractivity contribution in [1.29, 1.82) is 0 Å². The van der Waals surface area contributed by atoms with Crippen LogP contribution in [0.3, 0.4) is 0 Å². The minimum absolute atomic E-state index is 0.487. The Labute approximate surface area is 224 Å². The van der Waals surface area contributed by atoms with E-state index in [9.17, 15) is 4.79 Å². The zero-order valence-electron chi connectivity index (χ0n) is 24.8. The van der Waals surface area contributed by atoms with Crippen LogP contribution in [0.4, 0.5) is 11.5 Å². The predicted molar refractivity (Wildman–Crippen MR) is 156 cm³/mol. The molecular weight excluding hydrogens is 464 g/mol. The molecule has 2 aromatic heterocycles. The maximum Gasteiger partial charge on any atom is 0.215 e. The molecule has 208 valence electrons. The number of piperazine rings is 1. The number of aryl methyl sites for hydroxylation is 2. The normalized spacial score (nSPS) is 18.4. The summed E-state index contributed by atoms with van der Waals surface area (Å²) in [6, 6.07) is 5.07. The summed E-state index contributed by atoms with van der Waals surface area (Å²) >= 11 is 0. The quantitative estimate of drug-likeness (QED) is 0.600. The summed E-state index contributed by atoms with van der Waals surface area (Å²) < 4.78 is 7.26. The van der Waals surface area contributed by atoms with Crippen molar-refractivity contribution in [2.24, 2.45) is 12.0 Å². The number of carbonyl (C=O) groups is 1. The molecule has 0 bridgehead atoms. The molecule has 2 aliphatic rings. The maximum atomic E-state index is 11.1. The van der Waals surface area contributed by atoms with E-state index in [-0.39, 0.29) is 0 Å². The predicted octanol–water partition coefficient (Wildman–Crippen LogP) is 4.36. The van der Waals surface area contributed by atoms with Gasteiger partial charge in [0.15, 0.2) is 0 Å². The first-order chi connectivity index (χ1) is 17.9. The second-order valence-corrected chi connectivity index (χ2v) is 8.67. The number of pyridine rings is 2.